The zero-order valence-corrected chi connectivity index (χ0v) is 19.5. The Morgan fingerprint density at radius 3 is 2.37 bits per heavy atom. The van der Waals surface area contributed by atoms with Gasteiger partial charge >= 0.3 is 6.36 Å². The molecule has 0 N–H and O–H groups in total. The summed E-state index contributed by atoms with van der Waals surface area (Å²) in [5, 5.41) is 0.115. The summed E-state index contributed by atoms with van der Waals surface area (Å²) in [6.07, 6.45) is -4.82. The van der Waals surface area contributed by atoms with Crippen molar-refractivity contribution < 1.29 is 27.4 Å². The second-order valence-electron chi connectivity index (χ2n) is 7.69. The van der Waals surface area contributed by atoms with Crippen molar-refractivity contribution in [3.05, 3.63) is 75.7 Å². The second kappa shape index (κ2) is 9.00. The molecular formula is C24H18ClF3N4O3. The average molecular weight is 503 g/mol. The number of methoxy groups -OCH3 is 1. The number of hydrogen-bond donors (Lipinski definition) is 0. The van der Waals surface area contributed by atoms with E-state index in [9.17, 15) is 18.0 Å². The first-order valence-electron chi connectivity index (χ1n) is 10.2. The van der Waals surface area contributed by atoms with Crippen LogP contribution in [-0.4, -0.2) is 31.0 Å². The van der Waals surface area contributed by atoms with Crippen LogP contribution in [0.2, 0.25) is 5.02 Å². The van der Waals surface area contributed by atoms with Crippen molar-refractivity contribution in [3.8, 4) is 11.6 Å². The number of alkyl halides is 3. The highest BCUT2D eigenvalue weighted by Crippen LogP contribution is 2.43. The van der Waals surface area contributed by atoms with Crippen LogP contribution in [0.4, 0.5) is 35.9 Å². The van der Waals surface area contributed by atoms with Gasteiger partial charge in [0.25, 0.3) is 5.91 Å². The molecule has 180 valence electrons. The smallest absolute Gasteiger partial charge is 0.481 e. The molecule has 4 rings (SSSR count). The van der Waals surface area contributed by atoms with Crippen LogP contribution in [0.1, 0.15) is 21.6 Å². The molecule has 0 spiro atoms. The number of aromatic nitrogens is 1. The van der Waals surface area contributed by atoms with Crippen LogP contribution >= 0.6 is 11.6 Å². The molecule has 0 aliphatic carbocycles. The molecule has 0 saturated heterocycles. The number of benzene rings is 2. The Morgan fingerprint density at radius 2 is 1.77 bits per heavy atom. The maximum Gasteiger partial charge on any atom is 0.573 e. The lowest BCUT2D eigenvalue weighted by Crippen LogP contribution is -2.45. The molecule has 1 aromatic heterocycles. The Bertz CT molecular complexity index is 1370. The van der Waals surface area contributed by atoms with Crippen molar-refractivity contribution in [2.24, 2.45) is 0 Å². The fourth-order valence-electron chi connectivity index (χ4n) is 3.91. The Hall–Kier alpha value is -3.97. The maximum atomic E-state index is 13.5. The molecule has 3 aromatic rings. The quantitative estimate of drug-likeness (QED) is 0.378. The van der Waals surface area contributed by atoms with E-state index in [1.165, 1.54) is 42.3 Å². The van der Waals surface area contributed by atoms with E-state index in [2.05, 4.69) is 14.6 Å². The van der Waals surface area contributed by atoms with Crippen LogP contribution in [0, 0.1) is 20.4 Å². The standard InChI is InChI=1S/C24H18ClF3N4O3/c1-13-9-15(35-24(26,27)28)5-6-19(13)31-12-32(20-7-8-22(34-4)30-14(20)2)23(33)16-10-17(25)18(29-3)11-21(16)31/h5-11H,12H2,1-2,4H3. The van der Waals surface area contributed by atoms with Crippen molar-refractivity contribution >= 4 is 40.3 Å². The van der Waals surface area contributed by atoms with E-state index in [0.29, 0.717) is 34.2 Å². The van der Waals surface area contributed by atoms with Gasteiger partial charge < -0.3 is 14.4 Å². The lowest BCUT2D eigenvalue weighted by Gasteiger charge is -2.39. The molecule has 0 saturated carbocycles. The lowest BCUT2D eigenvalue weighted by atomic mass is 10.0. The van der Waals surface area contributed by atoms with Crippen molar-refractivity contribution in [2.45, 2.75) is 20.2 Å². The highest BCUT2D eigenvalue weighted by Gasteiger charge is 2.35. The van der Waals surface area contributed by atoms with Crippen LogP contribution in [0.25, 0.3) is 4.85 Å². The van der Waals surface area contributed by atoms with Gasteiger partial charge in [0.15, 0.2) is 0 Å². The number of rotatable bonds is 4. The molecule has 1 amide bonds. The van der Waals surface area contributed by atoms with Gasteiger partial charge in [0.2, 0.25) is 11.6 Å². The minimum atomic E-state index is -4.82. The third-order valence-electron chi connectivity index (χ3n) is 5.46. The third kappa shape index (κ3) is 4.68. The first kappa shape index (κ1) is 24.2. The van der Waals surface area contributed by atoms with Gasteiger partial charge in [-0.2, -0.15) is 0 Å². The molecule has 1 aliphatic heterocycles. The van der Waals surface area contributed by atoms with E-state index in [-0.39, 0.29) is 34.6 Å². The van der Waals surface area contributed by atoms with Crippen molar-refractivity contribution in [1.82, 2.24) is 4.98 Å². The highest BCUT2D eigenvalue weighted by molar-refractivity contribution is 6.34. The van der Waals surface area contributed by atoms with Crippen LogP contribution in [0.3, 0.4) is 0 Å². The van der Waals surface area contributed by atoms with Gasteiger partial charge in [0.05, 0.1) is 30.6 Å². The monoisotopic (exact) mass is 502 g/mol. The summed E-state index contributed by atoms with van der Waals surface area (Å²) in [4.78, 5) is 24.5. The number of halogens is 4. The minimum absolute atomic E-state index is 0.0140. The van der Waals surface area contributed by atoms with Crippen molar-refractivity contribution in [1.29, 1.82) is 0 Å². The molecule has 0 atom stereocenters. The number of hydrogen-bond acceptors (Lipinski definition) is 5. The Labute approximate surface area is 204 Å². The van der Waals surface area contributed by atoms with E-state index in [4.69, 9.17) is 22.9 Å². The van der Waals surface area contributed by atoms with Crippen molar-refractivity contribution in [2.75, 3.05) is 23.6 Å². The van der Waals surface area contributed by atoms with E-state index in [1.807, 2.05) is 0 Å². The Kier molecular flexibility index (Phi) is 6.21. The summed E-state index contributed by atoms with van der Waals surface area (Å²) in [7, 11) is 1.48. The summed E-state index contributed by atoms with van der Waals surface area (Å²) in [6.45, 7) is 10.8. The number of aryl methyl sites for hydroxylation is 2. The molecule has 0 fully saturated rings. The van der Waals surface area contributed by atoms with Gasteiger partial charge in [-0.05, 0) is 55.8 Å². The number of carbonyl (C=O) groups excluding carboxylic acids is 1. The molecular weight excluding hydrogens is 485 g/mol. The van der Waals surface area contributed by atoms with Crippen molar-refractivity contribution in [3.63, 3.8) is 0 Å². The third-order valence-corrected chi connectivity index (χ3v) is 5.76. The molecule has 0 radical (unpaired) electrons. The van der Waals surface area contributed by atoms with Crippen LogP contribution in [0.5, 0.6) is 11.6 Å². The number of amides is 1. The molecule has 0 bridgehead atoms. The van der Waals surface area contributed by atoms with E-state index < -0.39 is 6.36 Å². The second-order valence-corrected chi connectivity index (χ2v) is 8.10. The molecule has 1 aliphatic rings. The van der Waals surface area contributed by atoms with Gasteiger partial charge in [-0.1, -0.05) is 11.6 Å². The Morgan fingerprint density at radius 1 is 1.06 bits per heavy atom. The number of pyridine rings is 1. The van der Waals surface area contributed by atoms with Gasteiger partial charge in [0.1, 0.15) is 12.4 Å². The number of anilines is 3. The summed E-state index contributed by atoms with van der Waals surface area (Å²) in [5.41, 5.74) is 2.84. The van der Waals surface area contributed by atoms with Gasteiger partial charge in [-0.25, -0.2) is 9.83 Å². The average Bonchev–Trinajstić information content (AvgIpc) is 2.79. The molecule has 7 nitrogen and oxygen atoms in total. The fourth-order valence-corrected chi connectivity index (χ4v) is 4.11. The van der Waals surface area contributed by atoms with Crippen LogP contribution in [0.15, 0.2) is 42.5 Å². The van der Waals surface area contributed by atoms with Gasteiger partial charge in [-0.15, -0.1) is 13.2 Å². The molecule has 0 unspecified atom stereocenters. The lowest BCUT2D eigenvalue weighted by molar-refractivity contribution is -0.274. The predicted octanol–water partition coefficient (Wildman–Crippen LogP) is 6.57. The number of carbonyl (C=O) groups is 1. The summed E-state index contributed by atoms with van der Waals surface area (Å²) in [6, 6.07) is 10.2. The first-order chi connectivity index (χ1) is 16.5. The molecule has 2 heterocycles. The molecule has 2 aromatic carbocycles. The summed E-state index contributed by atoms with van der Waals surface area (Å²) in [5.74, 6) is -0.342. The normalized spacial score (nSPS) is 13.4. The van der Waals surface area contributed by atoms with E-state index >= 15 is 0 Å². The van der Waals surface area contributed by atoms with E-state index in [0.717, 1.165) is 0 Å². The summed E-state index contributed by atoms with van der Waals surface area (Å²) < 4.78 is 47.2. The largest absolute Gasteiger partial charge is 0.573 e. The first-order valence-corrected chi connectivity index (χ1v) is 10.6. The highest BCUT2D eigenvalue weighted by atomic mass is 35.5. The predicted molar refractivity (Wildman–Crippen MR) is 125 cm³/mol. The zero-order valence-electron chi connectivity index (χ0n) is 18.8. The minimum Gasteiger partial charge on any atom is -0.481 e. The number of nitrogens with zero attached hydrogens (tertiary/aromatic N) is 4. The number of fused-ring (bicyclic) bond motifs is 1. The fraction of sp³-hybridized carbons (Fsp3) is 0.208. The van der Waals surface area contributed by atoms with Crippen LogP contribution < -0.4 is 19.3 Å². The number of ether oxygens (including phenoxy) is 2. The zero-order chi connectivity index (χ0) is 25.5. The molecule has 11 heteroatoms. The maximum absolute atomic E-state index is 13.5. The topological polar surface area (TPSA) is 59.3 Å². The SMILES string of the molecule is [C-]#[N+]c1cc2c(cc1Cl)C(=O)N(c1ccc(OC)nc1C)CN2c1ccc(OC(F)(F)F)cc1C. The van der Waals surface area contributed by atoms with Gasteiger partial charge in [0, 0.05) is 22.5 Å². The summed E-state index contributed by atoms with van der Waals surface area (Å²) >= 11 is 6.24. The van der Waals surface area contributed by atoms with Crippen LogP contribution in [-0.2, 0) is 0 Å². The van der Waals surface area contributed by atoms with E-state index in [1.54, 1.807) is 30.9 Å². The van der Waals surface area contributed by atoms with Gasteiger partial charge in [-0.3, -0.25) is 9.69 Å². The molecule has 35 heavy (non-hydrogen) atoms. The Balaban J connectivity index is 1.86.